The fourth-order valence-electron chi connectivity index (χ4n) is 6.94. The molecule has 0 bridgehead atoms. The molecule has 0 aliphatic rings. The Morgan fingerprint density at radius 2 is 0.782 bits per heavy atom. The Morgan fingerprint density at radius 1 is 0.455 bits per heavy atom. The molecule has 6 rings (SSSR count). The molecule has 0 heterocycles. The molecule has 0 amide bonds. The first-order chi connectivity index (χ1) is 26.9. The van der Waals surface area contributed by atoms with E-state index in [1.807, 2.05) is 6.08 Å². The predicted molar refractivity (Wildman–Crippen MR) is 241 cm³/mol. The molecule has 0 atom stereocenters. The first-order valence-electron chi connectivity index (χ1n) is 20.0. The molecule has 0 N–H and O–H groups in total. The summed E-state index contributed by atoms with van der Waals surface area (Å²) in [6.45, 7) is 15.1. The van der Waals surface area contributed by atoms with Gasteiger partial charge in [0.2, 0.25) is 0 Å². The minimum absolute atomic E-state index is 1.08. The molecule has 0 saturated carbocycles. The van der Waals surface area contributed by atoms with Gasteiger partial charge in [0.25, 0.3) is 0 Å². The third-order valence-corrected chi connectivity index (χ3v) is 10.4. The molecule has 55 heavy (non-hydrogen) atoms. The Balaban J connectivity index is 1.23. The number of hydrogen-bond donors (Lipinski definition) is 0. The van der Waals surface area contributed by atoms with Gasteiger partial charge in [0, 0.05) is 34.1 Å². The van der Waals surface area contributed by atoms with Crippen molar-refractivity contribution in [3.05, 3.63) is 204 Å². The Kier molecular flexibility index (Phi) is 13.4. The SMILES string of the molecule is C=C/C(=C\C=C(/C)c1ccc(N(c2ccc(C)cc2)c2ccc(CCCC)cc2)cc1)c1ccc(N(c2ccc(C)cc2)c2ccc(CCCC)cc2)cc1. The van der Waals surface area contributed by atoms with Gasteiger partial charge in [-0.3, -0.25) is 0 Å². The third kappa shape index (κ3) is 10.0. The van der Waals surface area contributed by atoms with Crippen molar-refractivity contribution in [3.8, 4) is 0 Å². The molecule has 2 nitrogen and oxygen atoms in total. The Bertz CT molecular complexity index is 2170. The molecule has 0 spiro atoms. The fraction of sp³-hybridized carbons (Fsp3) is 0.208. The number of allylic oxidation sites excluding steroid dienone is 5. The summed E-state index contributed by atoms with van der Waals surface area (Å²) in [6, 6.07) is 53.4. The van der Waals surface area contributed by atoms with Crippen LogP contribution in [0.25, 0.3) is 11.1 Å². The number of benzene rings is 6. The molecule has 2 heteroatoms. The Labute approximate surface area is 330 Å². The lowest BCUT2D eigenvalue weighted by Gasteiger charge is -2.26. The lowest BCUT2D eigenvalue weighted by atomic mass is 10.0. The zero-order chi connectivity index (χ0) is 38.6. The van der Waals surface area contributed by atoms with Crippen LogP contribution in [-0.2, 0) is 12.8 Å². The molecular weight excluding hydrogens is 665 g/mol. The van der Waals surface area contributed by atoms with Gasteiger partial charge < -0.3 is 9.80 Å². The highest BCUT2D eigenvalue weighted by Gasteiger charge is 2.15. The Morgan fingerprint density at radius 3 is 1.13 bits per heavy atom. The maximum atomic E-state index is 4.18. The van der Waals surface area contributed by atoms with Crippen molar-refractivity contribution < 1.29 is 0 Å². The number of aryl methyl sites for hydroxylation is 4. The highest BCUT2D eigenvalue weighted by atomic mass is 15.1. The molecule has 0 radical (unpaired) electrons. The minimum atomic E-state index is 1.08. The smallest absolute Gasteiger partial charge is 0.0462 e. The van der Waals surface area contributed by atoms with Crippen molar-refractivity contribution >= 4 is 45.3 Å². The summed E-state index contributed by atoms with van der Waals surface area (Å²) in [6.07, 6.45) is 13.4. The second-order valence-electron chi connectivity index (χ2n) is 14.7. The molecule has 0 aliphatic carbocycles. The van der Waals surface area contributed by atoms with Crippen molar-refractivity contribution in [2.75, 3.05) is 9.80 Å². The molecule has 278 valence electrons. The van der Waals surface area contributed by atoms with Gasteiger partial charge >= 0.3 is 0 Å². The molecule has 6 aromatic carbocycles. The summed E-state index contributed by atoms with van der Waals surface area (Å²) in [5.41, 5.74) is 16.7. The van der Waals surface area contributed by atoms with Crippen LogP contribution in [0.3, 0.4) is 0 Å². The van der Waals surface area contributed by atoms with Crippen LogP contribution < -0.4 is 9.80 Å². The van der Waals surface area contributed by atoms with Crippen LogP contribution in [0.5, 0.6) is 0 Å². The van der Waals surface area contributed by atoms with E-state index in [1.165, 1.54) is 59.1 Å². The lowest BCUT2D eigenvalue weighted by molar-refractivity contribution is 0.795. The lowest BCUT2D eigenvalue weighted by Crippen LogP contribution is -2.10. The van der Waals surface area contributed by atoms with Gasteiger partial charge in [0.05, 0.1) is 0 Å². The number of anilines is 6. The van der Waals surface area contributed by atoms with Gasteiger partial charge in [-0.15, -0.1) is 0 Å². The van der Waals surface area contributed by atoms with Gasteiger partial charge in [-0.05, 0) is 153 Å². The highest BCUT2D eigenvalue weighted by molar-refractivity contribution is 5.82. The van der Waals surface area contributed by atoms with Crippen LogP contribution >= 0.6 is 0 Å². The van der Waals surface area contributed by atoms with Crippen molar-refractivity contribution in [3.63, 3.8) is 0 Å². The van der Waals surface area contributed by atoms with Gasteiger partial charge in [-0.25, -0.2) is 0 Å². The average Bonchev–Trinajstić information content (AvgIpc) is 3.22. The quantitative estimate of drug-likeness (QED) is 0.0919. The zero-order valence-corrected chi connectivity index (χ0v) is 33.4. The van der Waals surface area contributed by atoms with E-state index in [9.17, 15) is 0 Å². The largest absolute Gasteiger partial charge is 0.311 e. The summed E-state index contributed by atoms with van der Waals surface area (Å²) < 4.78 is 0. The molecule has 6 aromatic rings. The summed E-state index contributed by atoms with van der Waals surface area (Å²) in [4.78, 5) is 4.67. The van der Waals surface area contributed by atoms with E-state index >= 15 is 0 Å². The standard InChI is InChI=1S/C53H56N2/c1-7-10-12-43-19-32-50(33-20-43)54(48-28-14-40(4)15-29-48)52-36-24-46(25-37-52)42(6)18-23-45(9-3)47-26-38-53(39-27-47)55(49-30-16-41(5)17-31-49)51-34-21-44(22-35-51)13-11-8-2/h9,14-39H,3,7-8,10-13H2,1-2,4-6H3/b42-18+,45-23+. The van der Waals surface area contributed by atoms with E-state index in [1.54, 1.807) is 0 Å². The van der Waals surface area contributed by atoms with Crippen molar-refractivity contribution in [2.45, 2.75) is 73.1 Å². The molecule has 0 aliphatic heterocycles. The van der Waals surface area contributed by atoms with E-state index in [-0.39, 0.29) is 0 Å². The van der Waals surface area contributed by atoms with E-state index in [0.717, 1.165) is 58.1 Å². The second kappa shape index (κ2) is 18.9. The Hall–Kier alpha value is -5.86. The topological polar surface area (TPSA) is 6.48 Å². The van der Waals surface area contributed by atoms with Crippen LogP contribution in [0.2, 0.25) is 0 Å². The van der Waals surface area contributed by atoms with E-state index in [2.05, 4.69) is 209 Å². The molecule has 0 aromatic heterocycles. The molecule has 0 unspecified atom stereocenters. The first kappa shape index (κ1) is 38.9. The predicted octanol–water partition coefficient (Wildman–Crippen LogP) is 15.6. The molecular formula is C53H56N2. The van der Waals surface area contributed by atoms with Crippen molar-refractivity contribution in [1.82, 2.24) is 0 Å². The fourth-order valence-corrected chi connectivity index (χ4v) is 6.94. The summed E-state index contributed by atoms with van der Waals surface area (Å²) in [7, 11) is 0. The summed E-state index contributed by atoms with van der Waals surface area (Å²) >= 11 is 0. The van der Waals surface area contributed by atoms with Gasteiger partial charge in [-0.1, -0.05) is 135 Å². The number of hydrogen-bond acceptors (Lipinski definition) is 2. The maximum Gasteiger partial charge on any atom is 0.0462 e. The third-order valence-electron chi connectivity index (χ3n) is 10.4. The second-order valence-corrected chi connectivity index (χ2v) is 14.7. The van der Waals surface area contributed by atoms with E-state index < -0.39 is 0 Å². The minimum Gasteiger partial charge on any atom is -0.311 e. The summed E-state index contributed by atoms with van der Waals surface area (Å²) in [5.74, 6) is 0. The average molecular weight is 721 g/mol. The monoisotopic (exact) mass is 720 g/mol. The summed E-state index contributed by atoms with van der Waals surface area (Å²) in [5, 5.41) is 0. The molecule has 0 fully saturated rings. The zero-order valence-electron chi connectivity index (χ0n) is 33.4. The van der Waals surface area contributed by atoms with Crippen LogP contribution in [0.1, 0.15) is 79.8 Å². The van der Waals surface area contributed by atoms with Crippen LogP contribution in [0.4, 0.5) is 34.1 Å². The first-order valence-corrected chi connectivity index (χ1v) is 20.0. The van der Waals surface area contributed by atoms with Crippen molar-refractivity contribution in [2.24, 2.45) is 0 Å². The van der Waals surface area contributed by atoms with E-state index in [0.29, 0.717) is 0 Å². The molecule has 0 saturated heterocycles. The number of nitrogens with zero attached hydrogens (tertiary/aromatic N) is 2. The highest BCUT2D eigenvalue weighted by Crippen LogP contribution is 2.37. The van der Waals surface area contributed by atoms with Crippen molar-refractivity contribution in [1.29, 1.82) is 0 Å². The van der Waals surface area contributed by atoms with Gasteiger partial charge in [-0.2, -0.15) is 0 Å². The normalized spacial score (nSPS) is 11.7. The van der Waals surface area contributed by atoms with Crippen LogP contribution in [-0.4, -0.2) is 0 Å². The van der Waals surface area contributed by atoms with E-state index in [4.69, 9.17) is 0 Å². The van der Waals surface area contributed by atoms with Crippen LogP contribution in [0.15, 0.2) is 170 Å². The number of unbranched alkanes of at least 4 members (excludes halogenated alkanes) is 2. The number of rotatable bonds is 16. The van der Waals surface area contributed by atoms with Gasteiger partial charge in [0.15, 0.2) is 0 Å². The maximum absolute atomic E-state index is 4.18. The van der Waals surface area contributed by atoms with Crippen LogP contribution in [0, 0.1) is 13.8 Å². The van der Waals surface area contributed by atoms with Gasteiger partial charge in [0.1, 0.15) is 0 Å².